The zero-order chi connectivity index (χ0) is 12.3. The zero-order valence-corrected chi connectivity index (χ0v) is 9.45. The molecule has 1 amide bonds. The van der Waals surface area contributed by atoms with Crippen molar-refractivity contribution in [1.82, 2.24) is 10.3 Å². The molecule has 0 spiro atoms. The van der Waals surface area contributed by atoms with Crippen LogP contribution in [0.25, 0.3) is 0 Å². The van der Waals surface area contributed by atoms with Gasteiger partial charge in [0.05, 0.1) is 0 Å². The maximum absolute atomic E-state index is 12.8. The van der Waals surface area contributed by atoms with Gasteiger partial charge in [0.2, 0.25) is 5.95 Å². The summed E-state index contributed by atoms with van der Waals surface area (Å²) in [4.78, 5) is 15.2. The fourth-order valence-electron chi connectivity index (χ4n) is 2.09. The standard InChI is InChI=1S/C12H15FN2O2/c13-10-8-9(4-7-14-10)11(16)15-12(17)5-2-1-3-6-12/h4,7-8,17H,1-3,5-6H2,(H,15,16). The highest BCUT2D eigenvalue weighted by atomic mass is 19.1. The Bertz CT molecular complexity index is 417. The highest BCUT2D eigenvalue weighted by molar-refractivity contribution is 5.94. The maximum Gasteiger partial charge on any atom is 0.253 e. The third-order valence-electron chi connectivity index (χ3n) is 3.02. The van der Waals surface area contributed by atoms with E-state index < -0.39 is 17.6 Å². The summed E-state index contributed by atoms with van der Waals surface area (Å²) in [7, 11) is 0. The predicted molar refractivity (Wildman–Crippen MR) is 59.7 cm³/mol. The molecule has 1 aliphatic carbocycles. The average Bonchev–Trinajstić information content (AvgIpc) is 2.29. The molecule has 2 rings (SSSR count). The molecule has 1 saturated carbocycles. The van der Waals surface area contributed by atoms with E-state index in [1.54, 1.807) is 0 Å². The number of carbonyl (C=O) groups is 1. The van der Waals surface area contributed by atoms with Gasteiger partial charge in [0.25, 0.3) is 5.91 Å². The van der Waals surface area contributed by atoms with Crippen LogP contribution >= 0.6 is 0 Å². The third kappa shape index (κ3) is 3.00. The highest BCUT2D eigenvalue weighted by Gasteiger charge is 2.30. The normalized spacial score (nSPS) is 18.7. The molecule has 17 heavy (non-hydrogen) atoms. The zero-order valence-electron chi connectivity index (χ0n) is 9.45. The summed E-state index contributed by atoms with van der Waals surface area (Å²) in [6.07, 6.45) is 5.18. The van der Waals surface area contributed by atoms with Crippen molar-refractivity contribution in [3.8, 4) is 0 Å². The van der Waals surface area contributed by atoms with Crippen molar-refractivity contribution in [2.24, 2.45) is 0 Å². The summed E-state index contributed by atoms with van der Waals surface area (Å²) in [6.45, 7) is 0. The van der Waals surface area contributed by atoms with Gasteiger partial charge in [-0.25, -0.2) is 4.98 Å². The van der Waals surface area contributed by atoms with Crippen LogP contribution in [-0.2, 0) is 0 Å². The van der Waals surface area contributed by atoms with E-state index in [2.05, 4.69) is 10.3 Å². The summed E-state index contributed by atoms with van der Waals surface area (Å²) in [5.41, 5.74) is -0.966. The van der Waals surface area contributed by atoms with Gasteiger partial charge in [-0.05, 0) is 31.7 Å². The van der Waals surface area contributed by atoms with Gasteiger partial charge in [-0.3, -0.25) is 4.79 Å². The van der Waals surface area contributed by atoms with Crippen LogP contribution < -0.4 is 5.32 Å². The number of nitrogens with zero attached hydrogens (tertiary/aromatic N) is 1. The number of aliphatic hydroxyl groups is 1. The number of nitrogens with one attached hydrogen (secondary N) is 1. The molecule has 0 saturated heterocycles. The lowest BCUT2D eigenvalue weighted by atomic mass is 9.91. The van der Waals surface area contributed by atoms with Crippen molar-refractivity contribution < 1.29 is 14.3 Å². The molecular weight excluding hydrogens is 223 g/mol. The lowest BCUT2D eigenvalue weighted by Gasteiger charge is -2.32. The number of halogens is 1. The molecule has 1 aromatic heterocycles. The fourth-order valence-corrected chi connectivity index (χ4v) is 2.09. The van der Waals surface area contributed by atoms with E-state index in [9.17, 15) is 14.3 Å². The van der Waals surface area contributed by atoms with Crippen molar-refractivity contribution in [3.05, 3.63) is 29.8 Å². The molecule has 0 radical (unpaired) electrons. The molecule has 4 nitrogen and oxygen atoms in total. The molecule has 1 fully saturated rings. The molecule has 1 aromatic rings. The monoisotopic (exact) mass is 238 g/mol. The topological polar surface area (TPSA) is 62.2 Å². The van der Waals surface area contributed by atoms with E-state index in [0.717, 1.165) is 25.3 Å². The Morgan fingerprint density at radius 1 is 1.41 bits per heavy atom. The van der Waals surface area contributed by atoms with Crippen molar-refractivity contribution in [3.63, 3.8) is 0 Å². The van der Waals surface area contributed by atoms with E-state index in [0.29, 0.717) is 12.8 Å². The molecule has 1 heterocycles. The Kier molecular flexibility index (Phi) is 3.38. The minimum absolute atomic E-state index is 0.177. The second-order valence-corrected chi connectivity index (χ2v) is 4.41. The Balaban J connectivity index is 2.06. The largest absolute Gasteiger partial charge is 0.371 e. The smallest absolute Gasteiger partial charge is 0.253 e. The first-order chi connectivity index (χ1) is 8.09. The van der Waals surface area contributed by atoms with Gasteiger partial charge in [0, 0.05) is 17.8 Å². The number of hydrogen-bond donors (Lipinski definition) is 2. The molecule has 1 aliphatic rings. The van der Waals surface area contributed by atoms with Crippen molar-refractivity contribution in [2.45, 2.75) is 37.8 Å². The lowest BCUT2D eigenvalue weighted by molar-refractivity contribution is -0.0219. The van der Waals surface area contributed by atoms with Crippen LogP contribution in [0.3, 0.4) is 0 Å². The van der Waals surface area contributed by atoms with Crippen LogP contribution in [0.5, 0.6) is 0 Å². The summed E-state index contributed by atoms with van der Waals surface area (Å²) in [5, 5.41) is 12.7. The number of carbonyl (C=O) groups excluding carboxylic acids is 1. The van der Waals surface area contributed by atoms with Crippen LogP contribution in [0.1, 0.15) is 42.5 Å². The van der Waals surface area contributed by atoms with Crippen molar-refractivity contribution in [1.29, 1.82) is 0 Å². The number of amides is 1. The summed E-state index contributed by atoms with van der Waals surface area (Å²) in [5.74, 6) is -1.16. The second kappa shape index (κ2) is 4.79. The van der Waals surface area contributed by atoms with Gasteiger partial charge >= 0.3 is 0 Å². The second-order valence-electron chi connectivity index (χ2n) is 4.41. The van der Waals surface area contributed by atoms with Crippen LogP contribution in [0.15, 0.2) is 18.3 Å². The van der Waals surface area contributed by atoms with Crippen LogP contribution in [0.2, 0.25) is 0 Å². The van der Waals surface area contributed by atoms with Gasteiger partial charge in [-0.15, -0.1) is 0 Å². The highest BCUT2D eigenvalue weighted by Crippen LogP contribution is 2.25. The maximum atomic E-state index is 12.8. The molecule has 0 atom stereocenters. The summed E-state index contributed by atoms with van der Waals surface area (Å²) >= 11 is 0. The van der Waals surface area contributed by atoms with Crippen molar-refractivity contribution >= 4 is 5.91 Å². The SMILES string of the molecule is O=C(NC1(O)CCCCC1)c1ccnc(F)c1. The van der Waals surface area contributed by atoms with Gasteiger partial charge < -0.3 is 10.4 Å². The molecule has 92 valence electrons. The quantitative estimate of drug-likeness (QED) is 0.607. The molecule has 0 unspecified atom stereocenters. The van der Waals surface area contributed by atoms with E-state index in [4.69, 9.17) is 0 Å². The van der Waals surface area contributed by atoms with E-state index in [1.165, 1.54) is 12.3 Å². The first kappa shape index (κ1) is 12.0. The van der Waals surface area contributed by atoms with E-state index >= 15 is 0 Å². The van der Waals surface area contributed by atoms with Gasteiger partial charge in [0.1, 0.15) is 5.72 Å². The predicted octanol–water partition coefficient (Wildman–Crippen LogP) is 1.60. The lowest BCUT2D eigenvalue weighted by Crippen LogP contribution is -2.49. The molecule has 0 aromatic carbocycles. The first-order valence-corrected chi connectivity index (χ1v) is 5.75. The Labute approximate surface area is 98.9 Å². The van der Waals surface area contributed by atoms with Crippen LogP contribution in [0, 0.1) is 5.95 Å². The van der Waals surface area contributed by atoms with Gasteiger partial charge in [-0.1, -0.05) is 6.42 Å². The van der Waals surface area contributed by atoms with E-state index in [1.807, 2.05) is 0 Å². The van der Waals surface area contributed by atoms with Crippen LogP contribution in [-0.4, -0.2) is 21.7 Å². The minimum Gasteiger partial charge on any atom is -0.371 e. The number of pyridine rings is 1. The fraction of sp³-hybridized carbons (Fsp3) is 0.500. The average molecular weight is 238 g/mol. The van der Waals surface area contributed by atoms with Crippen LogP contribution in [0.4, 0.5) is 4.39 Å². The summed E-state index contributed by atoms with van der Waals surface area (Å²) < 4.78 is 12.8. The molecular formula is C12H15FN2O2. The van der Waals surface area contributed by atoms with Gasteiger partial charge in [0.15, 0.2) is 0 Å². The number of aromatic nitrogens is 1. The first-order valence-electron chi connectivity index (χ1n) is 5.75. The van der Waals surface area contributed by atoms with E-state index in [-0.39, 0.29) is 5.56 Å². The van der Waals surface area contributed by atoms with Gasteiger partial charge in [-0.2, -0.15) is 4.39 Å². The summed E-state index contributed by atoms with van der Waals surface area (Å²) in [6, 6.07) is 2.48. The molecule has 5 heteroatoms. The molecule has 0 aliphatic heterocycles. The van der Waals surface area contributed by atoms with Crippen molar-refractivity contribution in [2.75, 3.05) is 0 Å². The molecule has 0 bridgehead atoms. The third-order valence-corrected chi connectivity index (χ3v) is 3.02. The minimum atomic E-state index is -1.14. The Hall–Kier alpha value is -1.49. The number of rotatable bonds is 2. The Morgan fingerprint density at radius 3 is 2.76 bits per heavy atom. The number of hydrogen-bond acceptors (Lipinski definition) is 3. The molecule has 2 N–H and O–H groups in total. The Morgan fingerprint density at radius 2 is 2.12 bits per heavy atom.